The molecule has 0 bridgehead atoms. The summed E-state index contributed by atoms with van der Waals surface area (Å²) in [5.41, 5.74) is 4.59. The molecule has 2 aromatic carbocycles. The number of aromatic nitrogens is 2. The topological polar surface area (TPSA) is 40.7 Å². The molecule has 102 valence electrons. The van der Waals surface area contributed by atoms with Gasteiger partial charge in [0.25, 0.3) is 0 Å². The van der Waals surface area contributed by atoms with Gasteiger partial charge >= 0.3 is 0 Å². The van der Waals surface area contributed by atoms with Crippen LogP contribution in [0.15, 0.2) is 67.0 Å². The summed E-state index contributed by atoms with van der Waals surface area (Å²) in [5.74, 6) is 0. The van der Waals surface area contributed by atoms with Gasteiger partial charge in [0.05, 0.1) is 5.52 Å². The summed E-state index contributed by atoms with van der Waals surface area (Å²) in [6.07, 6.45) is 3.83. The van der Waals surface area contributed by atoms with Crippen LogP contribution < -0.4 is 5.32 Å². The van der Waals surface area contributed by atoms with Crippen LogP contribution in [0.25, 0.3) is 21.8 Å². The third-order valence-electron chi connectivity index (χ3n) is 3.78. The highest BCUT2D eigenvalue weighted by Gasteiger charge is 2.02. The van der Waals surface area contributed by atoms with Crippen molar-refractivity contribution in [3.05, 3.63) is 72.6 Å². The van der Waals surface area contributed by atoms with E-state index in [0.29, 0.717) is 0 Å². The Balaban J connectivity index is 1.63. The first-order valence-electron chi connectivity index (χ1n) is 7.04. The van der Waals surface area contributed by atoms with Crippen molar-refractivity contribution in [2.75, 3.05) is 5.32 Å². The Kier molecular flexibility index (Phi) is 2.82. The summed E-state index contributed by atoms with van der Waals surface area (Å²) < 4.78 is 0. The Morgan fingerprint density at radius 2 is 1.95 bits per heavy atom. The van der Waals surface area contributed by atoms with Gasteiger partial charge in [0.15, 0.2) is 0 Å². The molecule has 3 nitrogen and oxygen atoms in total. The van der Waals surface area contributed by atoms with Crippen molar-refractivity contribution in [2.45, 2.75) is 6.54 Å². The lowest BCUT2D eigenvalue weighted by Crippen LogP contribution is -2.00. The minimum absolute atomic E-state index is 0.791. The van der Waals surface area contributed by atoms with Crippen molar-refractivity contribution in [1.82, 2.24) is 9.97 Å². The number of benzene rings is 2. The van der Waals surface area contributed by atoms with Gasteiger partial charge in [0, 0.05) is 40.9 Å². The summed E-state index contributed by atoms with van der Waals surface area (Å²) in [6, 6.07) is 18.8. The van der Waals surface area contributed by atoms with Crippen molar-refractivity contribution in [3.8, 4) is 0 Å². The Morgan fingerprint density at radius 3 is 2.95 bits per heavy atom. The minimum atomic E-state index is 0.791. The molecule has 0 saturated heterocycles. The van der Waals surface area contributed by atoms with Crippen LogP contribution in [0.2, 0.25) is 0 Å². The third kappa shape index (κ3) is 2.23. The molecule has 0 saturated carbocycles. The second kappa shape index (κ2) is 4.94. The molecule has 21 heavy (non-hydrogen) atoms. The van der Waals surface area contributed by atoms with Crippen LogP contribution in [0.5, 0.6) is 0 Å². The van der Waals surface area contributed by atoms with Crippen LogP contribution in [0.3, 0.4) is 0 Å². The van der Waals surface area contributed by atoms with E-state index in [0.717, 1.165) is 23.3 Å². The number of anilines is 1. The highest BCUT2D eigenvalue weighted by Crippen LogP contribution is 2.20. The number of fused-ring (bicyclic) bond motifs is 2. The molecule has 0 unspecified atom stereocenters. The van der Waals surface area contributed by atoms with Crippen LogP contribution in [0, 0.1) is 0 Å². The van der Waals surface area contributed by atoms with Gasteiger partial charge in [-0.25, -0.2) is 0 Å². The lowest BCUT2D eigenvalue weighted by atomic mass is 10.1. The predicted molar refractivity (Wildman–Crippen MR) is 87.4 cm³/mol. The number of H-pyrrole nitrogens is 1. The van der Waals surface area contributed by atoms with E-state index in [1.165, 1.54) is 16.3 Å². The zero-order valence-electron chi connectivity index (χ0n) is 11.5. The van der Waals surface area contributed by atoms with Crippen LogP contribution >= 0.6 is 0 Å². The molecule has 0 fully saturated rings. The molecule has 2 N–H and O–H groups in total. The SMILES string of the molecule is c1ccc2c(CNc3ccc4[nH]ccc4c3)ccnc2c1. The van der Waals surface area contributed by atoms with E-state index in [1.807, 2.05) is 24.5 Å². The predicted octanol–water partition coefficient (Wildman–Crippen LogP) is 4.33. The molecule has 0 spiro atoms. The molecule has 4 rings (SSSR count). The number of rotatable bonds is 3. The zero-order valence-corrected chi connectivity index (χ0v) is 11.5. The Labute approximate surface area is 122 Å². The van der Waals surface area contributed by atoms with E-state index in [9.17, 15) is 0 Å². The third-order valence-corrected chi connectivity index (χ3v) is 3.78. The molecular weight excluding hydrogens is 258 g/mol. The molecule has 0 atom stereocenters. The maximum Gasteiger partial charge on any atom is 0.0705 e. The average Bonchev–Trinajstić information content (AvgIpc) is 3.00. The Morgan fingerprint density at radius 1 is 1.00 bits per heavy atom. The molecule has 2 aromatic heterocycles. The van der Waals surface area contributed by atoms with Crippen LogP contribution in [-0.4, -0.2) is 9.97 Å². The normalized spacial score (nSPS) is 11.0. The quantitative estimate of drug-likeness (QED) is 0.583. The molecule has 0 aliphatic rings. The number of nitrogens with zero attached hydrogens (tertiary/aromatic N) is 1. The molecule has 0 aliphatic heterocycles. The highest BCUT2D eigenvalue weighted by molar-refractivity contribution is 5.84. The molecule has 0 aliphatic carbocycles. The number of hydrogen-bond donors (Lipinski definition) is 2. The zero-order chi connectivity index (χ0) is 14.1. The fraction of sp³-hybridized carbons (Fsp3) is 0.0556. The summed E-state index contributed by atoms with van der Waals surface area (Å²) in [7, 11) is 0. The van der Waals surface area contributed by atoms with E-state index < -0.39 is 0 Å². The largest absolute Gasteiger partial charge is 0.381 e. The highest BCUT2D eigenvalue weighted by atomic mass is 14.9. The second-order valence-electron chi connectivity index (χ2n) is 5.12. The van der Waals surface area contributed by atoms with Crippen LogP contribution in [-0.2, 0) is 6.54 Å². The van der Waals surface area contributed by atoms with Crippen LogP contribution in [0.4, 0.5) is 5.69 Å². The summed E-state index contributed by atoms with van der Waals surface area (Å²) in [6.45, 7) is 0.791. The Hall–Kier alpha value is -2.81. The maximum atomic E-state index is 4.40. The number of para-hydroxylation sites is 1. The molecule has 0 radical (unpaired) electrons. The lowest BCUT2D eigenvalue weighted by Gasteiger charge is -2.09. The number of nitrogens with one attached hydrogen (secondary N) is 2. The van der Waals surface area contributed by atoms with Crippen molar-refractivity contribution in [2.24, 2.45) is 0 Å². The lowest BCUT2D eigenvalue weighted by molar-refractivity contribution is 1.16. The van der Waals surface area contributed by atoms with Gasteiger partial charge in [-0.2, -0.15) is 0 Å². The van der Waals surface area contributed by atoms with E-state index in [4.69, 9.17) is 0 Å². The van der Waals surface area contributed by atoms with Gasteiger partial charge in [0.2, 0.25) is 0 Å². The van der Waals surface area contributed by atoms with Crippen molar-refractivity contribution in [3.63, 3.8) is 0 Å². The van der Waals surface area contributed by atoms with Crippen LogP contribution in [0.1, 0.15) is 5.56 Å². The fourth-order valence-electron chi connectivity index (χ4n) is 2.67. The smallest absolute Gasteiger partial charge is 0.0705 e. The number of pyridine rings is 1. The van der Waals surface area contributed by atoms with Gasteiger partial charge in [-0.05, 0) is 42.0 Å². The minimum Gasteiger partial charge on any atom is -0.381 e. The fourth-order valence-corrected chi connectivity index (χ4v) is 2.67. The maximum absolute atomic E-state index is 4.40. The second-order valence-corrected chi connectivity index (χ2v) is 5.12. The van der Waals surface area contributed by atoms with Gasteiger partial charge < -0.3 is 10.3 Å². The standard InChI is InChI=1S/C18H15N3/c1-2-4-18-16(3-1)14(8-10-20-18)12-21-15-5-6-17-13(11-15)7-9-19-17/h1-11,19,21H,12H2. The average molecular weight is 273 g/mol. The summed E-state index contributed by atoms with van der Waals surface area (Å²) in [4.78, 5) is 7.61. The Bertz CT molecular complexity index is 903. The monoisotopic (exact) mass is 273 g/mol. The van der Waals surface area contributed by atoms with Crippen molar-refractivity contribution < 1.29 is 0 Å². The van der Waals surface area contributed by atoms with E-state index in [-0.39, 0.29) is 0 Å². The molecular formula is C18H15N3. The van der Waals surface area contributed by atoms with Gasteiger partial charge in [-0.3, -0.25) is 4.98 Å². The van der Waals surface area contributed by atoms with E-state index in [1.54, 1.807) is 0 Å². The first kappa shape index (κ1) is 12.0. The van der Waals surface area contributed by atoms with Crippen molar-refractivity contribution in [1.29, 1.82) is 0 Å². The summed E-state index contributed by atoms with van der Waals surface area (Å²) in [5, 5.41) is 5.92. The van der Waals surface area contributed by atoms with Gasteiger partial charge in [0.1, 0.15) is 0 Å². The molecule has 0 amide bonds. The number of hydrogen-bond acceptors (Lipinski definition) is 2. The number of aromatic amines is 1. The first-order chi connectivity index (χ1) is 10.4. The van der Waals surface area contributed by atoms with E-state index in [2.05, 4.69) is 57.7 Å². The van der Waals surface area contributed by atoms with Crippen molar-refractivity contribution >= 4 is 27.5 Å². The molecule has 4 aromatic rings. The molecule has 2 heterocycles. The molecule has 3 heteroatoms. The van der Waals surface area contributed by atoms with E-state index >= 15 is 0 Å². The summed E-state index contributed by atoms with van der Waals surface area (Å²) >= 11 is 0. The van der Waals surface area contributed by atoms with Gasteiger partial charge in [-0.1, -0.05) is 18.2 Å². The first-order valence-corrected chi connectivity index (χ1v) is 7.04. The van der Waals surface area contributed by atoms with Gasteiger partial charge in [-0.15, -0.1) is 0 Å².